The summed E-state index contributed by atoms with van der Waals surface area (Å²) in [5.74, 6) is 5.84. The summed E-state index contributed by atoms with van der Waals surface area (Å²) in [6.07, 6.45) is 0. The first-order valence-corrected chi connectivity index (χ1v) is 8.35. The minimum atomic E-state index is -0.361. The van der Waals surface area contributed by atoms with E-state index >= 15 is 0 Å². The molecule has 0 aliphatic carbocycles. The van der Waals surface area contributed by atoms with E-state index in [1.807, 2.05) is 19.9 Å². The molecule has 8 nitrogen and oxygen atoms in total. The van der Waals surface area contributed by atoms with Crippen LogP contribution in [0.1, 0.15) is 11.4 Å². The fourth-order valence-electron chi connectivity index (χ4n) is 2.20. The van der Waals surface area contributed by atoms with Gasteiger partial charge < -0.3 is 11.2 Å². The number of thioether (sulfide) groups is 1. The topological polar surface area (TPSA) is 104 Å². The van der Waals surface area contributed by atoms with Crippen LogP contribution in [0.25, 0.3) is 5.95 Å². The summed E-state index contributed by atoms with van der Waals surface area (Å²) in [6, 6.07) is 7.44. The van der Waals surface area contributed by atoms with Crippen LogP contribution in [0.2, 0.25) is 0 Å². The molecular formula is C15H16FN7OS. The average Bonchev–Trinajstić information content (AvgIpc) is 3.09. The number of hydrogen-bond donors (Lipinski definition) is 2. The number of nitrogens with zero attached hydrogens (tertiary/aromatic N) is 5. The SMILES string of the molecule is Cc1cc(C)n(-c2nnc(SCC(=O)Nc3ccc(F)cc3)n2N)n1. The molecule has 0 unspecified atom stereocenters. The number of aromatic nitrogens is 5. The smallest absolute Gasteiger partial charge is 0.271 e. The number of carbonyl (C=O) groups excluding carboxylic acids is 1. The molecule has 0 aliphatic rings. The third-order valence-corrected chi connectivity index (χ3v) is 4.25. The molecule has 3 aromatic rings. The van der Waals surface area contributed by atoms with Crippen molar-refractivity contribution >= 4 is 23.4 Å². The molecule has 0 atom stereocenters. The highest BCUT2D eigenvalue weighted by Gasteiger charge is 2.16. The zero-order chi connectivity index (χ0) is 18.0. The molecule has 25 heavy (non-hydrogen) atoms. The lowest BCUT2D eigenvalue weighted by molar-refractivity contribution is -0.113. The monoisotopic (exact) mass is 361 g/mol. The number of benzene rings is 1. The van der Waals surface area contributed by atoms with Gasteiger partial charge in [-0.15, -0.1) is 10.2 Å². The van der Waals surface area contributed by atoms with Crippen LogP contribution in [0.3, 0.4) is 0 Å². The van der Waals surface area contributed by atoms with E-state index < -0.39 is 0 Å². The molecule has 0 spiro atoms. The number of nitrogens with two attached hydrogens (primary N) is 1. The van der Waals surface area contributed by atoms with E-state index in [1.165, 1.54) is 28.9 Å². The van der Waals surface area contributed by atoms with E-state index in [1.54, 1.807) is 4.68 Å². The van der Waals surface area contributed by atoms with Crippen LogP contribution in [0.4, 0.5) is 10.1 Å². The number of hydrogen-bond acceptors (Lipinski definition) is 6. The number of rotatable bonds is 5. The number of amides is 1. The minimum Gasteiger partial charge on any atom is -0.334 e. The maximum atomic E-state index is 12.9. The van der Waals surface area contributed by atoms with Gasteiger partial charge in [0.15, 0.2) is 0 Å². The maximum absolute atomic E-state index is 12.9. The molecule has 3 N–H and O–H groups in total. The average molecular weight is 361 g/mol. The molecule has 0 aliphatic heterocycles. The molecule has 0 saturated carbocycles. The van der Waals surface area contributed by atoms with Gasteiger partial charge in [0, 0.05) is 11.4 Å². The molecule has 1 amide bonds. The van der Waals surface area contributed by atoms with Crippen LogP contribution in [0.5, 0.6) is 0 Å². The number of anilines is 1. The van der Waals surface area contributed by atoms with E-state index in [0.29, 0.717) is 16.8 Å². The van der Waals surface area contributed by atoms with Crippen molar-refractivity contribution in [2.75, 3.05) is 16.9 Å². The van der Waals surface area contributed by atoms with Gasteiger partial charge in [0.05, 0.1) is 11.4 Å². The molecule has 1 aromatic carbocycles. The second kappa shape index (κ2) is 6.93. The molecule has 3 rings (SSSR count). The zero-order valence-electron chi connectivity index (χ0n) is 13.6. The van der Waals surface area contributed by atoms with Gasteiger partial charge in [-0.1, -0.05) is 11.8 Å². The van der Waals surface area contributed by atoms with Crippen molar-refractivity contribution in [1.29, 1.82) is 0 Å². The maximum Gasteiger partial charge on any atom is 0.271 e. The molecule has 0 fully saturated rings. The minimum absolute atomic E-state index is 0.0871. The summed E-state index contributed by atoms with van der Waals surface area (Å²) in [4.78, 5) is 12.0. The Hall–Kier alpha value is -2.88. The Bertz CT molecular complexity index is 903. The van der Waals surface area contributed by atoms with Crippen LogP contribution in [-0.4, -0.2) is 36.3 Å². The van der Waals surface area contributed by atoms with E-state index in [4.69, 9.17) is 5.84 Å². The lowest BCUT2D eigenvalue weighted by Gasteiger charge is -2.06. The number of nitrogens with one attached hydrogen (secondary N) is 1. The van der Waals surface area contributed by atoms with Gasteiger partial charge in [-0.25, -0.2) is 13.7 Å². The molecule has 2 aromatic heterocycles. The summed E-state index contributed by atoms with van der Waals surface area (Å²) >= 11 is 1.14. The van der Waals surface area contributed by atoms with Gasteiger partial charge in [-0.05, 0) is 44.2 Å². The highest BCUT2D eigenvalue weighted by molar-refractivity contribution is 7.99. The zero-order valence-corrected chi connectivity index (χ0v) is 14.4. The van der Waals surface area contributed by atoms with Crippen LogP contribution in [-0.2, 0) is 4.79 Å². The predicted octanol–water partition coefficient (Wildman–Crippen LogP) is 1.66. The van der Waals surface area contributed by atoms with Gasteiger partial charge in [-0.3, -0.25) is 4.79 Å². The predicted molar refractivity (Wildman–Crippen MR) is 92.5 cm³/mol. The Morgan fingerprint density at radius 1 is 1.28 bits per heavy atom. The summed E-state index contributed by atoms with van der Waals surface area (Å²) in [5, 5.41) is 15.4. The molecule has 2 heterocycles. The highest BCUT2D eigenvalue weighted by Crippen LogP contribution is 2.18. The van der Waals surface area contributed by atoms with E-state index in [2.05, 4.69) is 20.6 Å². The number of nitrogen functional groups attached to an aromatic ring is 1. The first-order chi connectivity index (χ1) is 11.9. The molecular weight excluding hydrogens is 345 g/mol. The Labute approximate surface area is 147 Å². The Kier molecular flexibility index (Phi) is 4.70. The first kappa shape index (κ1) is 17.0. The van der Waals surface area contributed by atoms with Crippen molar-refractivity contribution in [3.05, 3.63) is 47.5 Å². The van der Waals surface area contributed by atoms with Gasteiger partial charge in [0.2, 0.25) is 11.1 Å². The first-order valence-electron chi connectivity index (χ1n) is 7.36. The number of aryl methyl sites for hydroxylation is 2. The van der Waals surface area contributed by atoms with Crippen molar-refractivity contribution in [2.45, 2.75) is 19.0 Å². The fraction of sp³-hybridized carbons (Fsp3) is 0.200. The quantitative estimate of drug-likeness (QED) is 0.529. The van der Waals surface area contributed by atoms with Crippen LogP contribution < -0.4 is 11.2 Å². The van der Waals surface area contributed by atoms with Crippen molar-refractivity contribution in [1.82, 2.24) is 24.7 Å². The molecule has 130 valence electrons. The third-order valence-electron chi connectivity index (χ3n) is 3.31. The van der Waals surface area contributed by atoms with Crippen molar-refractivity contribution in [3.63, 3.8) is 0 Å². The molecule has 0 saturated heterocycles. The van der Waals surface area contributed by atoms with Gasteiger partial charge in [0.25, 0.3) is 5.95 Å². The summed E-state index contributed by atoms with van der Waals surface area (Å²) in [5.41, 5.74) is 2.24. The number of halogens is 1. The normalized spacial score (nSPS) is 10.8. The molecule has 10 heteroatoms. The van der Waals surface area contributed by atoms with Gasteiger partial charge in [0.1, 0.15) is 5.82 Å². The van der Waals surface area contributed by atoms with Crippen molar-refractivity contribution in [3.8, 4) is 5.95 Å². The second-order valence-corrected chi connectivity index (χ2v) is 6.28. The van der Waals surface area contributed by atoms with E-state index in [-0.39, 0.29) is 17.5 Å². The van der Waals surface area contributed by atoms with Gasteiger partial charge in [-0.2, -0.15) is 5.10 Å². The highest BCUT2D eigenvalue weighted by atomic mass is 32.2. The molecule has 0 radical (unpaired) electrons. The van der Waals surface area contributed by atoms with Crippen LogP contribution >= 0.6 is 11.8 Å². The third kappa shape index (κ3) is 3.79. The van der Waals surface area contributed by atoms with Crippen LogP contribution in [0, 0.1) is 19.7 Å². The summed E-state index contributed by atoms with van der Waals surface area (Å²) in [6.45, 7) is 3.76. The van der Waals surface area contributed by atoms with E-state index in [0.717, 1.165) is 23.1 Å². The second-order valence-electron chi connectivity index (χ2n) is 5.34. The van der Waals surface area contributed by atoms with Crippen molar-refractivity contribution < 1.29 is 9.18 Å². The van der Waals surface area contributed by atoms with E-state index in [9.17, 15) is 9.18 Å². The Morgan fingerprint density at radius 3 is 2.64 bits per heavy atom. The largest absolute Gasteiger partial charge is 0.334 e. The Morgan fingerprint density at radius 2 is 2.00 bits per heavy atom. The van der Waals surface area contributed by atoms with Crippen LogP contribution in [0.15, 0.2) is 35.5 Å². The Balaban J connectivity index is 1.65. The van der Waals surface area contributed by atoms with Gasteiger partial charge >= 0.3 is 0 Å². The lowest BCUT2D eigenvalue weighted by Crippen LogP contribution is -2.18. The molecule has 0 bridgehead atoms. The summed E-state index contributed by atoms with van der Waals surface area (Å²) < 4.78 is 15.7. The lowest BCUT2D eigenvalue weighted by atomic mass is 10.3. The summed E-state index contributed by atoms with van der Waals surface area (Å²) in [7, 11) is 0. The number of carbonyl (C=O) groups is 1. The van der Waals surface area contributed by atoms with Crippen molar-refractivity contribution in [2.24, 2.45) is 0 Å². The standard InChI is InChI=1S/C15H16FN7OS/c1-9-7-10(2)23(21-9)14-19-20-15(22(14)17)25-8-13(24)18-12-5-3-11(16)4-6-12/h3-7H,8,17H2,1-2H3,(H,18,24). The fourth-order valence-corrected chi connectivity index (χ4v) is 2.86.